The number of phenolic OH excluding ortho intramolecular Hbond substituents is 1. The van der Waals surface area contributed by atoms with Crippen molar-refractivity contribution < 1.29 is 34.2 Å². The van der Waals surface area contributed by atoms with E-state index >= 15 is 0 Å². The molecule has 3 aliphatic rings. The van der Waals surface area contributed by atoms with Gasteiger partial charge in [-0.05, 0) is 85.4 Å². The molecule has 0 spiro atoms. The molecule has 0 aliphatic carbocycles. The van der Waals surface area contributed by atoms with E-state index in [0.29, 0.717) is 69.1 Å². The van der Waals surface area contributed by atoms with Crippen molar-refractivity contribution in [3.63, 3.8) is 0 Å². The molecule has 3 fully saturated rings. The van der Waals surface area contributed by atoms with E-state index in [2.05, 4.69) is 40.9 Å². The van der Waals surface area contributed by atoms with E-state index in [1.807, 2.05) is 105 Å². The van der Waals surface area contributed by atoms with Gasteiger partial charge in [-0.25, -0.2) is 4.98 Å². The lowest BCUT2D eigenvalue weighted by Crippen LogP contribution is -2.60. The summed E-state index contributed by atoms with van der Waals surface area (Å²) in [6.07, 6.45) is 6.73. The highest BCUT2D eigenvalue weighted by Crippen LogP contribution is 2.34. The van der Waals surface area contributed by atoms with Gasteiger partial charge in [-0.3, -0.25) is 24.0 Å². The topological polar surface area (TPSA) is 240 Å². The molecule has 8 rings (SSSR count). The molecule has 2 aromatic heterocycles. The van der Waals surface area contributed by atoms with E-state index < -0.39 is 29.6 Å². The average molecular weight is 1080 g/mol. The summed E-state index contributed by atoms with van der Waals surface area (Å²) < 4.78 is 0. The number of aliphatic hydroxyl groups excluding tert-OH is 1. The number of para-hydroxylation sites is 2. The van der Waals surface area contributed by atoms with Gasteiger partial charge in [-0.1, -0.05) is 101 Å². The number of benzene rings is 3. The molecule has 5 heterocycles. The number of anilines is 3. The van der Waals surface area contributed by atoms with Crippen LogP contribution in [0, 0.1) is 18.3 Å². The predicted molar refractivity (Wildman–Crippen MR) is 304 cm³/mol. The number of aliphatic hydroxyl groups is 1. The van der Waals surface area contributed by atoms with Crippen LogP contribution in [0.25, 0.3) is 21.7 Å². The maximum atomic E-state index is 14.1. The van der Waals surface area contributed by atoms with Crippen LogP contribution >= 0.6 is 11.3 Å². The van der Waals surface area contributed by atoms with Crippen molar-refractivity contribution >= 4 is 58.1 Å². The van der Waals surface area contributed by atoms with Crippen molar-refractivity contribution in [1.29, 1.82) is 0 Å². The average Bonchev–Trinajstić information content (AvgIpc) is 4.15. The van der Waals surface area contributed by atoms with Gasteiger partial charge in [-0.15, -0.1) is 21.5 Å². The van der Waals surface area contributed by atoms with Crippen molar-refractivity contribution in [1.82, 2.24) is 40.9 Å². The second-order valence-corrected chi connectivity index (χ2v) is 23.0. The zero-order valence-electron chi connectivity index (χ0n) is 45.5. The maximum Gasteiger partial charge on any atom is 0.246 e. The van der Waals surface area contributed by atoms with Gasteiger partial charge < -0.3 is 51.5 Å². The molecule has 3 aliphatic heterocycles. The Bertz CT molecular complexity index is 2830. The Morgan fingerprint density at radius 3 is 2.17 bits per heavy atom. The number of aromatic hydroxyl groups is 1. The molecule has 3 saturated heterocycles. The number of β-amino-alcohol motifs (C(OH)–C–C–N with tert-alkyl or cyclic N) is 1. The van der Waals surface area contributed by atoms with E-state index in [-0.39, 0.29) is 73.0 Å². The Kier molecular flexibility index (Phi) is 19.4. The number of nitrogens with two attached hydrogens (primary N) is 1. The van der Waals surface area contributed by atoms with Crippen LogP contribution in [0.15, 0.2) is 90.4 Å². The number of nitrogens with one attached hydrogen (secondary N) is 3. The fraction of sp³-hybridized carbons (Fsp3) is 0.492. The van der Waals surface area contributed by atoms with Gasteiger partial charge in [0, 0.05) is 82.9 Å². The molecular formula is C59H77N11O7S. The van der Waals surface area contributed by atoms with Gasteiger partial charge in [0.1, 0.15) is 23.9 Å². The normalized spacial score (nSPS) is 18.4. The molecule has 7 N–H and O–H groups in total. The molecule has 0 saturated carbocycles. The molecule has 3 aromatic carbocycles. The first-order chi connectivity index (χ1) is 37.5. The number of hydrogen-bond acceptors (Lipinski definition) is 14. The Balaban J connectivity index is 0.715. The number of rotatable bonds is 21. The molecule has 78 heavy (non-hydrogen) atoms. The molecule has 0 bridgehead atoms. The number of unbranched alkanes of at least 4 members (excludes halogenated alkanes) is 5. The van der Waals surface area contributed by atoms with Gasteiger partial charge in [0.2, 0.25) is 29.5 Å². The highest BCUT2D eigenvalue weighted by atomic mass is 32.1. The summed E-state index contributed by atoms with van der Waals surface area (Å²) in [5.41, 5.74) is 13.1. The number of piperidine rings is 1. The van der Waals surface area contributed by atoms with Gasteiger partial charge in [-0.2, -0.15) is 0 Å². The van der Waals surface area contributed by atoms with Crippen molar-refractivity contribution in [3.05, 3.63) is 102 Å². The number of aromatic nitrogens is 3. The minimum Gasteiger partial charge on any atom is -0.507 e. The van der Waals surface area contributed by atoms with Crippen molar-refractivity contribution in [2.75, 3.05) is 61.3 Å². The number of carbonyl (C=O) groups excluding carboxylic acids is 5. The predicted octanol–water partition coefficient (Wildman–Crippen LogP) is 6.84. The molecular weight excluding hydrogens is 1010 g/mol. The summed E-state index contributed by atoms with van der Waals surface area (Å²) in [7, 11) is 0. The minimum atomic E-state index is -0.880. The van der Waals surface area contributed by atoms with Crippen LogP contribution < -0.4 is 31.5 Å². The number of thiazole rings is 1. The molecule has 4 unspecified atom stereocenters. The highest BCUT2D eigenvalue weighted by molar-refractivity contribution is 7.13. The van der Waals surface area contributed by atoms with Crippen LogP contribution in [-0.4, -0.2) is 135 Å². The number of carbonyl (C=O) groups is 5. The van der Waals surface area contributed by atoms with E-state index in [4.69, 9.17) is 5.73 Å². The number of likely N-dealkylation sites (tertiary alicyclic amines) is 2. The van der Waals surface area contributed by atoms with Crippen LogP contribution in [0.2, 0.25) is 0 Å². The second kappa shape index (κ2) is 26.5. The van der Waals surface area contributed by atoms with Crippen LogP contribution in [0.5, 0.6) is 5.75 Å². The first kappa shape index (κ1) is 57.1. The van der Waals surface area contributed by atoms with E-state index in [1.54, 1.807) is 29.5 Å². The third kappa shape index (κ3) is 14.7. The lowest BCUT2D eigenvalue weighted by atomic mass is 9.85. The zero-order valence-corrected chi connectivity index (χ0v) is 46.4. The number of hydrogen-bond donors (Lipinski definition) is 6. The zero-order chi connectivity index (χ0) is 55.3. The van der Waals surface area contributed by atoms with Crippen LogP contribution in [0.4, 0.5) is 17.2 Å². The first-order valence-electron chi connectivity index (χ1n) is 27.6. The third-order valence-corrected chi connectivity index (χ3v) is 16.4. The molecule has 5 amide bonds. The number of nitrogens with zero attached hydrogens (tertiary/aromatic N) is 7. The van der Waals surface area contributed by atoms with Crippen molar-refractivity contribution in [2.24, 2.45) is 11.3 Å². The van der Waals surface area contributed by atoms with E-state index in [9.17, 15) is 34.2 Å². The fourth-order valence-corrected chi connectivity index (χ4v) is 11.6. The molecule has 416 valence electrons. The molecule has 4 atom stereocenters. The van der Waals surface area contributed by atoms with Crippen molar-refractivity contribution in [2.45, 2.75) is 129 Å². The third-order valence-electron chi connectivity index (χ3n) is 15.4. The summed E-state index contributed by atoms with van der Waals surface area (Å²) in [5, 5.41) is 38.8. The van der Waals surface area contributed by atoms with E-state index in [0.717, 1.165) is 72.3 Å². The van der Waals surface area contributed by atoms with Crippen molar-refractivity contribution in [3.8, 4) is 27.4 Å². The molecule has 19 heteroatoms. The van der Waals surface area contributed by atoms with E-state index in [1.165, 1.54) is 4.90 Å². The second-order valence-electron chi connectivity index (χ2n) is 22.1. The Morgan fingerprint density at radius 2 is 1.47 bits per heavy atom. The highest BCUT2D eigenvalue weighted by Gasteiger charge is 2.44. The standard InChI is InChI=1S/C59H77N11O7S/c1-39-53(78-38-63-39)42-24-22-40(23-25-42)34-61-56(75)48-32-44(71)36-70(48)58(77)54(59(2,3)4)64-51(73)20-12-7-5-6-8-13-21-52(74)67-28-26-41(27-29-67)35-62-57(76)49-37-68(30-31-69(49)43-16-10-9-11-17-43)47-33-46(65-66-55(47)60)45-18-14-15-19-50(45)72/h9-11,14-19,22-25,33,38,41,44,48-49,54,71-72H,5-8,12-13,20-21,26-32,34-37H2,1-4H3,(H2,60,66)(H,61,75)(H,62,76)(H,64,73). The molecule has 5 aromatic rings. The summed E-state index contributed by atoms with van der Waals surface area (Å²) >= 11 is 1.58. The van der Waals surface area contributed by atoms with Gasteiger partial charge in [0.05, 0.1) is 33.6 Å². The maximum absolute atomic E-state index is 14.1. The first-order valence-corrected chi connectivity index (χ1v) is 28.5. The molecule has 18 nitrogen and oxygen atoms in total. The summed E-state index contributed by atoms with van der Waals surface area (Å²) in [5.74, 6) is -0.289. The quantitative estimate of drug-likeness (QED) is 0.0413. The van der Waals surface area contributed by atoms with Gasteiger partial charge >= 0.3 is 0 Å². The summed E-state index contributed by atoms with van der Waals surface area (Å²) in [6.45, 7) is 11.3. The largest absolute Gasteiger partial charge is 0.507 e. The lowest BCUT2D eigenvalue weighted by molar-refractivity contribution is -0.144. The minimum absolute atomic E-state index is 0.0145. The van der Waals surface area contributed by atoms with Crippen LogP contribution in [-0.2, 0) is 30.5 Å². The fourth-order valence-electron chi connectivity index (χ4n) is 10.8. The molecule has 0 radical (unpaired) electrons. The number of phenols is 1. The van der Waals surface area contributed by atoms with Crippen LogP contribution in [0.3, 0.4) is 0 Å². The van der Waals surface area contributed by atoms with Crippen LogP contribution in [0.1, 0.15) is 103 Å². The van der Waals surface area contributed by atoms with Gasteiger partial charge in [0.15, 0.2) is 5.82 Å². The number of piperazine rings is 1. The number of amides is 5. The smallest absolute Gasteiger partial charge is 0.246 e. The summed E-state index contributed by atoms with van der Waals surface area (Å²) in [4.78, 5) is 81.2. The Hall–Kier alpha value is -7.12. The lowest BCUT2D eigenvalue weighted by Gasteiger charge is -2.43. The monoisotopic (exact) mass is 1080 g/mol. The number of nitrogen functional groups attached to an aromatic ring is 1. The summed E-state index contributed by atoms with van der Waals surface area (Å²) in [6, 6.07) is 24.4. The van der Waals surface area contributed by atoms with Gasteiger partial charge in [0.25, 0.3) is 0 Å². The Morgan fingerprint density at radius 1 is 0.795 bits per heavy atom. The SMILES string of the molecule is Cc1ncsc1-c1ccc(CNC(=O)C2CC(O)CN2C(=O)C(NC(=O)CCCCCCCCC(=O)N2CCC(CNC(=O)C3CN(c4cc(-c5ccccc5O)nnc4N)CCN3c3ccccc3)CC2)C(C)(C)C)cc1. The number of aryl methyl sites for hydroxylation is 1. The Labute approximate surface area is 462 Å².